The Bertz CT molecular complexity index is 694. The van der Waals surface area contributed by atoms with E-state index < -0.39 is 0 Å². The summed E-state index contributed by atoms with van der Waals surface area (Å²) in [6.45, 7) is 4.20. The number of hydrogen-bond donors (Lipinski definition) is 2. The minimum absolute atomic E-state index is 0.0658. The van der Waals surface area contributed by atoms with Gasteiger partial charge in [-0.05, 0) is 42.4 Å². The molecule has 0 radical (unpaired) electrons. The molecule has 1 aromatic carbocycles. The van der Waals surface area contributed by atoms with E-state index in [9.17, 15) is 9.18 Å². The van der Waals surface area contributed by atoms with Gasteiger partial charge in [0.05, 0.1) is 25.8 Å². The van der Waals surface area contributed by atoms with Gasteiger partial charge in [0.1, 0.15) is 12.1 Å². The molecule has 27 heavy (non-hydrogen) atoms. The number of fused-ring (bicyclic) bond motifs is 1. The van der Waals surface area contributed by atoms with E-state index in [2.05, 4.69) is 20.4 Å². The number of halogens is 1. The first-order valence-corrected chi connectivity index (χ1v) is 10.0. The van der Waals surface area contributed by atoms with Gasteiger partial charge in [-0.15, -0.1) is 0 Å². The molecule has 5 atom stereocenters. The molecule has 146 valence electrons. The molecule has 2 unspecified atom stereocenters. The van der Waals surface area contributed by atoms with E-state index >= 15 is 0 Å². The van der Waals surface area contributed by atoms with Gasteiger partial charge in [-0.2, -0.15) is 0 Å². The van der Waals surface area contributed by atoms with Gasteiger partial charge in [0.25, 0.3) is 0 Å². The van der Waals surface area contributed by atoms with E-state index in [0.717, 1.165) is 50.8 Å². The first-order chi connectivity index (χ1) is 13.2. The lowest BCUT2D eigenvalue weighted by Crippen LogP contribution is -2.69. The van der Waals surface area contributed by atoms with Gasteiger partial charge in [0.15, 0.2) is 0 Å². The number of carbonyl (C=O) groups is 1. The van der Waals surface area contributed by atoms with Crippen LogP contribution in [0.15, 0.2) is 24.3 Å². The predicted octanol–water partition coefficient (Wildman–Crippen LogP) is 0.740. The number of likely N-dealkylation sites (tertiary alicyclic amines) is 1. The molecular formula is C20H27FN4O2. The van der Waals surface area contributed by atoms with E-state index in [1.54, 1.807) is 0 Å². The minimum Gasteiger partial charge on any atom is -0.379 e. The predicted molar refractivity (Wildman–Crippen MR) is 98.1 cm³/mol. The molecule has 0 spiro atoms. The molecule has 4 aliphatic rings. The van der Waals surface area contributed by atoms with Crippen LogP contribution in [-0.4, -0.2) is 67.1 Å². The van der Waals surface area contributed by atoms with E-state index in [1.807, 2.05) is 12.1 Å². The summed E-state index contributed by atoms with van der Waals surface area (Å²) >= 11 is 0. The monoisotopic (exact) mass is 374 g/mol. The Balaban J connectivity index is 1.29. The van der Waals surface area contributed by atoms with Crippen LogP contribution in [0.5, 0.6) is 0 Å². The van der Waals surface area contributed by atoms with Gasteiger partial charge < -0.3 is 10.1 Å². The van der Waals surface area contributed by atoms with Gasteiger partial charge >= 0.3 is 0 Å². The number of piperidine rings is 1. The van der Waals surface area contributed by atoms with Gasteiger partial charge in [-0.25, -0.2) is 4.39 Å². The summed E-state index contributed by atoms with van der Waals surface area (Å²) < 4.78 is 18.7. The molecule has 3 aliphatic heterocycles. The Labute approximate surface area is 159 Å². The van der Waals surface area contributed by atoms with Crippen LogP contribution < -0.4 is 10.6 Å². The van der Waals surface area contributed by atoms with E-state index in [-0.39, 0.29) is 24.2 Å². The standard InChI is InChI=1S/C20H27FN4O2/c21-15-3-1-13(2-4-15)9-17-16-10-14(16)12-25(17)20-22-18(11-19(26)23-20)24-5-7-27-8-6-24/h1-4,14,16-18,20,22H,5-12H2,(H,23,26)/t14-,16-,17+,18?,20?/m1/s1. The van der Waals surface area contributed by atoms with Crippen molar-refractivity contribution in [1.82, 2.24) is 20.4 Å². The molecular weight excluding hydrogens is 347 g/mol. The number of hydrogen-bond acceptors (Lipinski definition) is 5. The van der Waals surface area contributed by atoms with Crippen molar-refractivity contribution >= 4 is 5.91 Å². The van der Waals surface area contributed by atoms with Crippen molar-refractivity contribution in [2.45, 2.75) is 37.8 Å². The summed E-state index contributed by atoms with van der Waals surface area (Å²) in [4.78, 5) is 17.1. The summed E-state index contributed by atoms with van der Waals surface area (Å²) in [5, 5.41) is 6.82. The highest BCUT2D eigenvalue weighted by molar-refractivity contribution is 5.77. The SMILES string of the molecule is O=C1CC(N2CCOCC2)NC(N2C[C@H]3C[C@H]3[C@@H]2Cc2ccc(F)cc2)N1. The Morgan fingerprint density at radius 3 is 2.74 bits per heavy atom. The van der Waals surface area contributed by atoms with Crippen molar-refractivity contribution in [3.05, 3.63) is 35.6 Å². The molecule has 4 fully saturated rings. The Morgan fingerprint density at radius 1 is 1.19 bits per heavy atom. The Kier molecular flexibility index (Phi) is 4.63. The van der Waals surface area contributed by atoms with Crippen LogP contribution >= 0.6 is 0 Å². The molecule has 1 saturated carbocycles. The second-order valence-electron chi connectivity index (χ2n) is 8.26. The third-order valence-corrected chi connectivity index (χ3v) is 6.55. The maximum atomic E-state index is 13.2. The summed E-state index contributed by atoms with van der Waals surface area (Å²) in [5.41, 5.74) is 1.16. The highest BCUT2D eigenvalue weighted by Gasteiger charge is 2.54. The number of amides is 1. The number of carbonyl (C=O) groups excluding carboxylic acids is 1. The van der Waals surface area contributed by atoms with Gasteiger partial charge in [-0.1, -0.05) is 12.1 Å². The smallest absolute Gasteiger partial charge is 0.225 e. The molecule has 1 aliphatic carbocycles. The highest BCUT2D eigenvalue weighted by Crippen LogP contribution is 2.50. The average Bonchev–Trinajstić information content (AvgIpc) is 3.38. The fraction of sp³-hybridized carbons (Fsp3) is 0.650. The zero-order valence-electron chi connectivity index (χ0n) is 15.4. The lowest BCUT2D eigenvalue weighted by molar-refractivity contribution is -0.131. The van der Waals surface area contributed by atoms with Crippen LogP contribution in [0.1, 0.15) is 18.4 Å². The van der Waals surface area contributed by atoms with Crippen LogP contribution in [0.2, 0.25) is 0 Å². The number of rotatable bonds is 4. The van der Waals surface area contributed by atoms with Crippen LogP contribution in [0.3, 0.4) is 0 Å². The zero-order chi connectivity index (χ0) is 18.4. The van der Waals surface area contributed by atoms with Gasteiger partial charge in [-0.3, -0.25) is 19.9 Å². The van der Waals surface area contributed by atoms with E-state index in [4.69, 9.17) is 4.74 Å². The van der Waals surface area contributed by atoms with Crippen LogP contribution in [0.25, 0.3) is 0 Å². The number of nitrogens with zero attached hydrogens (tertiary/aromatic N) is 2. The average molecular weight is 374 g/mol. The number of ether oxygens (including phenoxy) is 1. The summed E-state index contributed by atoms with van der Waals surface area (Å²) in [6, 6.07) is 7.23. The van der Waals surface area contributed by atoms with Crippen molar-refractivity contribution < 1.29 is 13.9 Å². The molecule has 7 heteroatoms. The highest BCUT2D eigenvalue weighted by atomic mass is 19.1. The fourth-order valence-corrected chi connectivity index (χ4v) is 5.00. The summed E-state index contributed by atoms with van der Waals surface area (Å²) in [5.74, 6) is 1.34. The maximum Gasteiger partial charge on any atom is 0.225 e. The Hall–Kier alpha value is -1.54. The summed E-state index contributed by atoms with van der Waals surface area (Å²) in [7, 11) is 0. The molecule has 0 bridgehead atoms. The van der Waals surface area contributed by atoms with Crippen molar-refractivity contribution in [3.8, 4) is 0 Å². The first kappa shape index (κ1) is 17.6. The third-order valence-electron chi connectivity index (χ3n) is 6.55. The molecule has 0 aromatic heterocycles. The molecule has 5 rings (SSSR count). The molecule has 1 amide bonds. The van der Waals surface area contributed by atoms with Crippen LogP contribution in [0, 0.1) is 17.7 Å². The normalized spacial score (nSPS) is 37.1. The number of nitrogens with one attached hydrogen (secondary N) is 2. The second-order valence-corrected chi connectivity index (χ2v) is 8.26. The number of morpholine rings is 1. The molecule has 3 heterocycles. The lowest BCUT2D eigenvalue weighted by atomic mass is 10.0. The quantitative estimate of drug-likeness (QED) is 0.814. The zero-order valence-corrected chi connectivity index (χ0v) is 15.4. The fourth-order valence-electron chi connectivity index (χ4n) is 5.00. The molecule has 6 nitrogen and oxygen atoms in total. The van der Waals surface area contributed by atoms with Crippen molar-refractivity contribution in [1.29, 1.82) is 0 Å². The molecule has 3 saturated heterocycles. The van der Waals surface area contributed by atoms with Crippen LogP contribution in [0.4, 0.5) is 4.39 Å². The molecule has 1 aromatic rings. The largest absolute Gasteiger partial charge is 0.379 e. The van der Waals surface area contributed by atoms with E-state index in [0.29, 0.717) is 18.4 Å². The van der Waals surface area contributed by atoms with Gasteiger partial charge in [0, 0.05) is 25.7 Å². The Morgan fingerprint density at radius 2 is 1.96 bits per heavy atom. The topological polar surface area (TPSA) is 56.8 Å². The van der Waals surface area contributed by atoms with Crippen molar-refractivity contribution in [2.24, 2.45) is 11.8 Å². The third kappa shape index (κ3) is 3.61. The second kappa shape index (κ2) is 7.13. The van der Waals surface area contributed by atoms with Crippen LogP contribution in [-0.2, 0) is 16.0 Å². The van der Waals surface area contributed by atoms with E-state index in [1.165, 1.54) is 18.6 Å². The minimum atomic E-state index is -0.194. The van der Waals surface area contributed by atoms with Crippen molar-refractivity contribution in [2.75, 3.05) is 32.8 Å². The van der Waals surface area contributed by atoms with Crippen molar-refractivity contribution in [3.63, 3.8) is 0 Å². The van der Waals surface area contributed by atoms with Gasteiger partial charge in [0.2, 0.25) is 5.91 Å². The number of benzene rings is 1. The molecule has 2 N–H and O–H groups in total. The summed E-state index contributed by atoms with van der Waals surface area (Å²) in [6.07, 6.45) is 2.60. The first-order valence-electron chi connectivity index (χ1n) is 10.0. The lowest BCUT2D eigenvalue weighted by Gasteiger charge is -2.44. The maximum absolute atomic E-state index is 13.2.